The first-order valence-corrected chi connectivity index (χ1v) is 9.09. The quantitative estimate of drug-likeness (QED) is 0.883. The Morgan fingerprint density at radius 1 is 1.35 bits per heavy atom. The monoisotopic (exact) mass is 298 g/mol. The van der Waals surface area contributed by atoms with Crippen LogP contribution in [0.15, 0.2) is 16.5 Å². The molecule has 0 aromatic carbocycles. The van der Waals surface area contributed by atoms with Gasteiger partial charge >= 0.3 is 0 Å². The summed E-state index contributed by atoms with van der Waals surface area (Å²) in [7, 11) is -2.85. The van der Waals surface area contributed by atoms with E-state index < -0.39 is 9.84 Å². The van der Waals surface area contributed by atoms with Gasteiger partial charge in [-0.15, -0.1) is 0 Å². The maximum Gasteiger partial charge on any atom is 0.153 e. The van der Waals surface area contributed by atoms with Crippen LogP contribution >= 0.6 is 0 Å². The van der Waals surface area contributed by atoms with Gasteiger partial charge in [-0.2, -0.15) is 0 Å². The summed E-state index contributed by atoms with van der Waals surface area (Å²) in [6, 6.07) is 4.75. The van der Waals surface area contributed by atoms with Crippen molar-refractivity contribution in [1.82, 2.24) is 10.2 Å². The van der Waals surface area contributed by atoms with E-state index in [1.54, 1.807) is 0 Å². The Morgan fingerprint density at radius 3 is 2.80 bits per heavy atom. The summed E-state index contributed by atoms with van der Waals surface area (Å²) in [5.41, 5.74) is 0. The lowest BCUT2D eigenvalue weighted by Crippen LogP contribution is -2.46. The lowest BCUT2D eigenvalue weighted by atomic mass is 10.3. The van der Waals surface area contributed by atoms with Gasteiger partial charge in [0.05, 0.1) is 24.6 Å². The van der Waals surface area contributed by atoms with Crippen molar-refractivity contribution in [3.63, 3.8) is 0 Å². The third-order valence-electron chi connectivity index (χ3n) is 4.03. The van der Waals surface area contributed by atoms with Crippen LogP contribution in [0.4, 0.5) is 0 Å². The van der Waals surface area contributed by atoms with Gasteiger partial charge in [0.25, 0.3) is 0 Å². The number of furan rings is 1. The average Bonchev–Trinajstić information content (AvgIpc) is 3.10. The van der Waals surface area contributed by atoms with Crippen LogP contribution in [0.5, 0.6) is 0 Å². The van der Waals surface area contributed by atoms with Crippen LogP contribution in [-0.4, -0.2) is 43.5 Å². The van der Waals surface area contributed by atoms with Gasteiger partial charge in [0.1, 0.15) is 11.5 Å². The Morgan fingerprint density at radius 2 is 2.10 bits per heavy atom. The highest BCUT2D eigenvalue weighted by Gasteiger charge is 2.28. The second-order valence-corrected chi connectivity index (χ2v) is 8.19. The maximum atomic E-state index is 11.6. The molecule has 1 saturated heterocycles. The molecule has 1 aliphatic carbocycles. The Bertz CT molecular complexity index is 563. The smallest absolute Gasteiger partial charge is 0.153 e. The molecule has 1 unspecified atom stereocenters. The van der Waals surface area contributed by atoms with Crippen molar-refractivity contribution in [2.45, 2.75) is 44.9 Å². The molecule has 2 heterocycles. The number of rotatable bonds is 5. The molecule has 2 fully saturated rings. The summed E-state index contributed by atoms with van der Waals surface area (Å²) in [4.78, 5) is 2.18. The lowest BCUT2D eigenvalue weighted by molar-refractivity contribution is 0.199. The van der Waals surface area contributed by atoms with Crippen LogP contribution in [-0.2, 0) is 22.9 Å². The normalized spacial score (nSPS) is 26.8. The SMILES string of the molecule is CC1CS(=O)(=O)CCN1Cc1ccc(CNC2CC2)o1. The first kappa shape index (κ1) is 14.1. The zero-order valence-electron chi connectivity index (χ0n) is 11.8. The summed E-state index contributed by atoms with van der Waals surface area (Å²) in [6.45, 7) is 4.05. The molecular weight excluding hydrogens is 276 g/mol. The fraction of sp³-hybridized carbons (Fsp3) is 0.714. The van der Waals surface area contributed by atoms with Crippen molar-refractivity contribution in [1.29, 1.82) is 0 Å². The van der Waals surface area contributed by atoms with Crippen molar-refractivity contribution in [2.75, 3.05) is 18.1 Å². The fourth-order valence-electron chi connectivity index (χ4n) is 2.60. The third kappa shape index (κ3) is 3.62. The molecular formula is C14H22N2O3S. The number of hydrogen-bond donors (Lipinski definition) is 1. The number of nitrogens with zero attached hydrogens (tertiary/aromatic N) is 1. The Balaban J connectivity index is 1.54. The van der Waals surface area contributed by atoms with Crippen molar-refractivity contribution < 1.29 is 12.8 Å². The van der Waals surface area contributed by atoms with E-state index in [4.69, 9.17) is 4.42 Å². The fourth-order valence-corrected chi connectivity index (χ4v) is 4.23. The van der Waals surface area contributed by atoms with E-state index in [-0.39, 0.29) is 17.5 Å². The Labute approximate surface area is 120 Å². The highest BCUT2D eigenvalue weighted by Crippen LogP contribution is 2.20. The Kier molecular flexibility index (Phi) is 3.88. The second-order valence-electron chi connectivity index (χ2n) is 5.96. The van der Waals surface area contributed by atoms with Gasteiger partial charge in [0, 0.05) is 18.6 Å². The molecule has 0 bridgehead atoms. The molecule has 0 amide bonds. The number of nitrogens with one attached hydrogen (secondary N) is 1. The van der Waals surface area contributed by atoms with Crippen LogP contribution in [0.3, 0.4) is 0 Å². The molecule has 1 aliphatic heterocycles. The summed E-state index contributed by atoms with van der Waals surface area (Å²) in [5, 5.41) is 3.42. The van der Waals surface area contributed by atoms with E-state index in [0.29, 0.717) is 19.1 Å². The van der Waals surface area contributed by atoms with E-state index in [1.165, 1.54) is 12.8 Å². The van der Waals surface area contributed by atoms with Crippen LogP contribution in [0.1, 0.15) is 31.3 Å². The van der Waals surface area contributed by atoms with E-state index in [1.807, 2.05) is 19.1 Å². The molecule has 1 saturated carbocycles. The molecule has 0 spiro atoms. The van der Waals surface area contributed by atoms with Crippen molar-refractivity contribution >= 4 is 9.84 Å². The lowest BCUT2D eigenvalue weighted by Gasteiger charge is -2.32. The molecule has 2 aliphatic rings. The topological polar surface area (TPSA) is 62.6 Å². The highest BCUT2D eigenvalue weighted by molar-refractivity contribution is 7.91. The highest BCUT2D eigenvalue weighted by atomic mass is 32.2. The summed E-state index contributed by atoms with van der Waals surface area (Å²) in [5.74, 6) is 2.39. The molecule has 6 heteroatoms. The van der Waals surface area contributed by atoms with E-state index in [9.17, 15) is 8.42 Å². The Hall–Kier alpha value is -0.850. The molecule has 3 rings (SSSR count). The standard InChI is InChI=1S/C14H22N2O3S/c1-11-10-20(17,18)7-6-16(11)9-14-5-4-13(19-14)8-15-12-2-3-12/h4-5,11-12,15H,2-3,6-10H2,1H3. The van der Waals surface area contributed by atoms with E-state index >= 15 is 0 Å². The molecule has 0 radical (unpaired) electrons. The molecule has 20 heavy (non-hydrogen) atoms. The van der Waals surface area contributed by atoms with E-state index in [2.05, 4.69) is 10.2 Å². The van der Waals surface area contributed by atoms with Crippen LogP contribution in [0, 0.1) is 0 Å². The van der Waals surface area contributed by atoms with Crippen LogP contribution in [0.25, 0.3) is 0 Å². The average molecular weight is 298 g/mol. The van der Waals surface area contributed by atoms with Crippen molar-refractivity contribution in [3.8, 4) is 0 Å². The summed E-state index contributed by atoms with van der Waals surface area (Å²) in [6.07, 6.45) is 2.54. The van der Waals surface area contributed by atoms with Crippen molar-refractivity contribution in [3.05, 3.63) is 23.7 Å². The van der Waals surface area contributed by atoms with Crippen LogP contribution in [0.2, 0.25) is 0 Å². The zero-order chi connectivity index (χ0) is 14.2. The van der Waals surface area contributed by atoms with Gasteiger partial charge in [0.2, 0.25) is 0 Å². The molecule has 1 aromatic heterocycles. The minimum absolute atomic E-state index is 0.0619. The first-order chi connectivity index (χ1) is 9.52. The predicted molar refractivity (Wildman–Crippen MR) is 77.1 cm³/mol. The summed E-state index contributed by atoms with van der Waals surface area (Å²) >= 11 is 0. The zero-order valence-corrected chi connectivity index (χ0v) is 12.7. The number of hydrogen-bond acceptors (Lipinski definition) is 5. The largest absolute Gasteiger partial charge is 0.463 e. The van der Waals surface area contributed by atoms with Gasteiger partial charge in [-0.25, -0.2) is 8.42 Å². The van der Waals surface area contributed by atoms with E-state index in [0.717, 1.165) is 18.1 Å². The van der Waals surface area contributed by atoms with Gasteiger partial charge in [-0.3, -0.25) is 4.90 Å². The molecule has 1 atom stereocenters. The van der Waals surface area contributed by atoms with Gasteiger partial charge < -0.3 is 9.73 Å². The minimum Gasteiger partial charge on any atom is -0.463 e. The van der Waals surface area contributed by atoms with Gasteiger partial charge in [-0.1, -0.05) is 0 Å². The maximum absolute atomic E-state index is 11.6. The number of sulfone groups is 1. The van der Waals surface area contributed by atoms with Crippen molar-refractivity contribution in [2.24, 2.45) is 0 Å². The third-order valence-corrected chi connectivity index (χ3v) is 5.82. The molecule has 5 nitrogen and oxygen atoms in total. The summed E-state index contributed by atoms with van der Waals surface area (Å²) < 4.78 is 28.9. The van der Waals surface area contributed by atoms with Gasteiger partial charge in [0.15, 0.2) is 9.84 Å². The van der Waals surface area contributed by atoms with Gasteiger partial charge in [-0.05, 0) is 31.9 Å². The van der Waals surface area contributed by atoms with Crippen LogP contribution < -0.4 is 5.32 Å². The molecule has 1 N–H and O–H groups in total. The second kappa shape index (κ2) is 5.50. The molecule has 1 aromatic rings. The predicted octanol–water partition coefficient (Wildman–Crippen LogP) is 1.15. The minimum atomic E-state index is -2.85. The first-order valence-electron chi connectivity index (χ1n) is 7.27. The molecule has 112 valence electrons.